The van der Waals surface area contributed by atoms with Crippen LogP contribution in [0.2, 0.25) is 0 Å². The molecule has 2 amide bonds. The number of hydrogen-bond acceptors (Lipinski definition) is 4. The Bertz CT molecular complexity index is 720. The standard InChI is InChI=1S/C21H26N2O3S/c1-26-18-10-8-16(9-11-18)12-14-22-21(25)19(13-15-27-2)23-20(24)17-6-4-3-5-7-17/h3-11,19H,12-15H2,1-2H3,(H,22,25)(H,23,24). The lowest BCUT2D eigenvalue weighted by atomic mass is 10.1. The Labute approximate surface area is 164 Å². The van der Waals surface area contributed by atoms with Gasteiger partial charge in [-0.3, -0.25) is 9.59 Å². The maximum Gasteiger partial charge on any atom is 0.251 e. The summed E-state index contributed by atoms with van der Waals surface area (Å²) in [5.74, 6) is 1.23. The molecule has 0 aliphatic heterocycles. The normalized spacial score (nSPS) is 11.5. The molecular formula is C21H26N2O3S. The average molecular weight is 387 g/mol. The summed E-state index contributed by atoms with van der Waals surface area (Å²) < 4.78 is 5.14. The highest BCUT2D eigenvalue weighted by Gasteiger charge is 2.20. The number of amides is 2. The van der Waals surface area contributed by atoms with Crippen molar-refractivity contribution in [1.82, 2.24) is 10.6 Å². The van der Waals surface area contributed by atoms with Gasteiger partial charge in [0.05, 0.1) is 7.11 Å². The highest BCUT2D eigenvalue weighted by Crippen LogP contribution is 2.11. The number of rotatable bonds is 10. The second-order valence-electron chi connectivity index (χ2n) is 6.06. The van der Waals surface area contributed by atoms with Gasteiger partial charge in [0, 0.05) is 12.1 Å². The van der Waals surface area contributed by atoms with Gasteiger partial charge in [-0.05, 0) is 54.7 Å². The predicted octanol–water partition coefficient (Wildman–Crippen LogP) is 2.91. The van der Waals surface area contributed by atoms with E-state index in [1.54, 1.807) is 43.1 Å². The fraction of sp³-hybridized carbons (Fsp3) is 0.333. The van der Waals surface area contributed by atoms with Gasteiger partial charge in [0.25, 0.3) is 5.91 Å². The molecule has 0 radical (unpaired) electrons. The van der Waals surface area contributed by atoms with Gasteiger partial charge in [-0.2, -0.15) is 11.8 Å². The molecule has 2 rings (SSSR count). The van der Waals surface area contributed by atoms with Crippen LogP contribution >= 0.6 is 11.8 Å². The first-order chi connectivity index (χ1) is 13.1. The van der Waals surface area contributed by atoms with Gasteiger partial charge in [0.2, 0.25) is 5.91 Å². The molecular weight excluding hydrogens is 360 g/mol. The van der Waals surface area contributed by atoms with Crippen LogP contribution in [0.25, 0.3) is 0 Å². The summed E-state index contributed by atoms with van der Waals surface area (Å²) in [6, 6.07) is 16.2. The molecule has 0 saturated carbocycles. The number of ether oxygens (including phenoxy) is 1. The van der Waals surface area contributed by atoms with E-state index in [0.717, 1.165) is 23.5 Å². The molecule has 6 heteroatoms. The topological polar surface area (TPSA) is 67.4 Å². The zero-order chi connectivity index (χ0) is 19.5. The first kappa shape index (κ1) is 20.8. The minimum atomic E-state index is -0.541. The highest BCUT2D eigenvalue weighted by molar-refractivity contribution is 7.98. The van der Waals surface area contributed by atoms with E-state index >= 15 is 0 Å². The number of thioether (sulfide) groups is 1. The van der Waals surface area contributed by atoms with Gasteiger partial charge in [-0.15, -0.1) is 0 Å². The quantitative estimate of drug-likeness (QED) is 0.659. The first-order valence-corrected chi connectivity index (χ1v) is 10.3. The molecule has 2 aromatic carbocycles. The summed E-state index contributed by atoms with van der Waals surface area (Å²) in [5, 5.41) is 5.78. The van der Waals surface area contributed by atoms with Gasteiger partial charge in [-0.1, -0.05) is 30.3 Å². The summed E-state index contributed by atoms with van der Waals surface area (Å²) in [4.78, 5) is 24.9. The third-order valence-corrected chi connectivity index (χ3v) is 4.78. The Balaban J connectivity index is 1.88. The molecule has 0 fully saturated rings. The van der Waals surface area contributed by atoms with Crippen LogP contribution in [0, 0.1) is 0 Å². The fourth-order valence-corrected chi connectivity index (χ4v) is 3.05. The van der Waals surface area contributed by atoms with Crippen LogP contribution in [-0.4, -0.2) is 43.5 Å². The fourth-order valence-electron chi connectivity index (χ4n) is 2.58. The number of carbonyl (C=O) groups is 2. The molecule has 1 unspecified atom stereocenters. The van der Waals surface area contributed by atoms with Crippen molar-refractivity contribution >= 4 is 23.6 Å². The van der Waals surface area contributed by atoms with Crippen molar-refractivity contribution in [1.29, 1.82) is 0 Å². The third-order valence-electron chi connectivity index (χ3n) is 4.14. The van der Waals surface area contributed by atoms with Crippen LogP contribution in [0.4, 0.5) is 0 Å². The lowest BCUT2D eigenvalue weighted by molar-refractivity contribution is -0.122. The molecule has 0 aromatic heterocycles. The minimum Gasteiger partial charge on any atom is -0.497 e. The van der Waals surface area contributed by atoms with Gasteiger partial charge in [-0.25, -0.2) is 0 Å². The molecule has 0 spiro atoms. The SMILES string of the molecule is COc1ccc(CCNC(=O)C(CCSC)NC(=O)c2ccccc2)cc1. The molecule has 27 heavy (non-hydrogen) atoms. The second-order valence-corrected chi connectivity index (χ2v) is 7.05. The van der Waals surface area contributed by atoms with Crippen LogP contribution < -0.4 is 15.4 Å². The van der Waals surface area contributed by atoms with Gasteiger partial charge < -0.3 is 15.4 Å². The maximum atomic E-state index is 12.6. The van der Waals surface area contributed by atoms with Crippen LogP contribution in [0.3, 0.4) is 0 Å². The molecule has 1 atom stereocenters. The van der Waals surface area contributed by atoms with Gasteiger partial charge in [0.15, 0.2) is 0 Å². The Kier molecular flexibility index (Phi) is 8.71. The predicted molar refractivity (Wildman–Crippen MR) is 110 cm³/mol. The first-order valence-electron chi connectivity index (χ1n) is 8.89. The van der Waals surface area contributed by atoms with Crippen molar-refractivity contribution < 1.29 is 14.3 Å². The van der Waals surface area contributed by atoms with Gasteiger partial charge >= 0.3 is 0 Å². The van der Waals surface area contributed by atoms with Crippen molar-refractivity contribution in [3.63, 3.8) is 0 Å². The number of nitrogens with one attached hydrogen (secondary N) is 2. The summed E-state index contributed by atoms with van der Waals surface area (Å²) in [6.07, 6.45) is 3.30. The Hall–Kier alpha value is -2.47. The molecule has 2 aromatic rings. The molecule has 0 heterocycles. The van der Waals surface area contributed by atoms with Crippen molar-refractivity contribution in [2.45, 2.75) is 18.9 Å². The number of carbonyl (C=O) groups excluding carboxylic acids is 2. The van der Waals surface area contributed by atoms with Crippen molar-refractivity contribution in [3.8, 4) is 5.75 Å². The average Bonchev–Trinajstić information content (AvgIpc) is 2.72. The van der Waals surface area contributed by atoms with Crippen molar-refractivity contribution in [2.75, 3.05) is 25.7 Å². The van der Waals surface area contributed by atoms with Crippen molar-refractivity contribution in [2.24, 2.45) is 0 Å². The lowest BCUT2D eigenvalue weighted by Gasteiger charge is -2.18. The minimum absolute atomic E-state index is 0.151. The van der Waals surface area contributed by atoms with E-state index < -0.39 is 6.04 Å². The van der Waals surface area contributed by atoms with E-state index in [4.69, 9.17) is 4.74 Å². The monoisotopic (exact) mass is 386 g/mol. The lowest BCUT2D eigenvalue weighted by Crippen LogP contribution is -2.47. The molecule has 2 N–H and O–H groups in total. The Morgan fingerprint density at radius 3 is 2.41 bits per heavy atom. The molecule has 0 aliphatic rings. The molecule has 0 bridgehead atoms. The third kappa shape index (κ3) is 6.98. The van der Waals surface area contributed by atoms with Crippen LogP contribution in [-0.2, 0) is 11.2 Å². The zero-order valence-corrected chi connectivity index (χ0v) is 16.6. The Morgan fingerprint density at radius 2 is 1.78 bits per heavy atom. The van der Waals surface area contributed by atoms with E-state index in [9.17, 15) is 9.59 Å². The molecule has 144 valence electrons. The largest absolute Gasteiger partial charge is 0.497 e. The zero-order valence-electron chi connectivity index (χ0n) is 15.7. The van der Waals surface area contributed by atoms with Crippen molar-refractivity contribution in [3.05, 3.63) is 65.7 Å². The van der Waals surface area contributed by atoms with Gasteiger partial charge in [0.1, 0.15) is 11.8 Å². The highest BCUT2D eigenvalue weighted by atomic mass is 32.2. The molecule has 5 nitrogen and oxygen atoms in total. The Morgan fingerprint density at radius 1 is 1.07 bits per heavy atom. The molecule has 0 aliphatic carbocycles. The molecule has 0 saturated heterocycles. The maximum absolute atomic E-state index is 12.6. The van der Waals surface area contributed by atoms with E-state index in [-0.39, 0.29) is 11.8 Å². The van der Waals surface area contributed by atoms with E-state index in [2.05, 4.69) is 10.6 Å². The summed E-state index contributed by atoms with van der Waals surface area (Å²) in [7, 11) is 1.63. The van der Waals surface area contributed by atoms with Crippen LogP contribution in [0.15, 0.2) is 54.6 Å². The van der Waals surface area contributed by atoms with E-state index in [0.29, 0.717) is 18.5 Å². The number of methoxy groups -OCH3 is 1. The smallest absolute Gasteiger partial charge is 0.251 e. The number of hydrogen-bond donors (Lipinski definition) is 2. The summed E-state index contributed by atoms with van der Waals surface area (Å²) in [5.41, 5.74) is 1.67. The van der Waals surface area contributed by atoms with Crippen LogP contribution in [0.1, 0.15) is 22.3 Å². The number of benzene rings is 2. The summed E-state index contributed by atoms with van der Waals surface area (Å²) >= 11 is 1.65. The summed E-state index contributed by atoms with van der Waals surface area (Å²) in [6.45, 7) is 0.516. The second kappa shape index (κ2) is 11.3. The van der Waals surface area contributed by atoms with E-state index in [1.165, 1.54) is 0 Å². The van der Waals surface area contributed by atoms with Crippen LogP contribution in [0.5, 0.6) is 5.75 Å². The van der Waals surface area contributed by atoms with E-state index in [1.807, 2.05) is 36.6 Å².